The third-order valence-corrected chi connectivity index (χ3v) is 4.48. The van der Waals surface area contributed by atoms with Gasteiger partial charge in [0.2, 0.25) is 0 Å². The minimum Gasteiger partial charge on any atom is -0.359 e. The maximum atomic E-state index is 12.7. The number of benzene rings is 1. The zero-order valence-electron chi connectivity index (χ0n) is 10.4. The first-order chi connectivity index (χ1) is 8.62. The third kappa shape index (κ3) is 1.67. The molecule has 3 heteroatoms. The van der Waals surface area contributed by atoms with Gasteiger partial charge < -0.3 is 4.98 Å². The first kappa shape index (κ1) is 11.8. The fourth-order valence-corrected chi connectivity index (χ4v) is 3.24. The van der Waals surface area contributed by atoms with E-state index in [1.54, 1.807) is 0 Å². The molecule has 0 bridgehead atoms. The Labute approximate surface area is 111 Å². The summed E-state index contributed by atoms with van der Waals surface area (Å²) >= 11 is 6.13. The predicted molar refractivity (Wildman–Crippen MR) is 74.2 cm³/mol. The number of H-pyrrole nitrogens is 1. The summed E-state index contributed by atoms with van der Waals surface area (Å²) in [6.07, 6.45) is 6.12. The average Bonchev–Trinajstić information content (AvgIpc) is 2.96. The Kier molecular flexibility index (Phi) is 2.70. The molecule has 1 aliphatic carbocycles. The smallest absolute Gasteiger partial charge is 0.170 e. The van der Waals surface area contributed by atoms with Crippen LogP contribution in [0.5, 0.6) is 0 Å². The standard InChI is InChI=1S/C15H16ClNO/c1-15(7-2-3-8-15)14(18)11-9-17-13-10(11)5-4-6-12(13)16/h4-6,9,17H,2-3,7-8H2,1H3. The van der Waals surface area contributed by atoms with Gasteiger partial charge in [-0.25, -0.2) is 0 Å². The highest BCUT2D eigenvalue weighted by atomic mass is 35.5. The summed E-state index contributed by atoms with van der Waals surface area (Å²) in [6.45, 7) is 2.09. The summed E-state index contributed by atoms with van der Waals surface area (Å²) in [7, 11) is 0. The van der Waals surface area contributed by atoms with E-state index in [2.05, 4.69) is 11.9 Å². The molecule has 2 aromatic rings. The van der Waals surface area contributed by atoms with Crippen LogP contribution in [0.4, 0.5) is 0 Å². The number of nitrogens with one attached hydrogen (secondary N) is 1. The zero-order valence-corrected chi connectivity index (χ0v) is 11.2. The molecular weight excluding hydrogens is 246 g/mol. The fraction of sp³-hybridized carbons (Fsp3) is 0.400. The van der Waals surface area contributed by atoms with Crippen molar-refractivity contribution in [1.82, 2.24) is 4.98 Å². The molecule has 1 aromatic carbocycles. The second-order valence-corrected chi connectivity index (χ2v) is 5.87. The lowest BCUT2D eigenvalue weighted by molar-refractivity contribution is 0.0825. The van der Waals surface area contributed by atoms with Gasteiger partial charge in [0, 0.05) is 22.6 Å². The number of hydrogen-bond acceptors (Lipinski definition) is 1. The minimum absolute atomic E-state index is 0.183. The summed E-state index contributed by atoms with van der Waals surface area (Å²) in [6, 6.07) is 5.70. The third-order valence-electron chi connectivity index (χ3n) is 4.16. The quantitative estimate of drug-likeness (QED) is 0.789. The van der Waals surface area contributed by atoms with E-state index in [0.717, 1.165) is 42.1 Å². The Morgan fingerprint density at radius 1 is 1.33 bits per heavy atom. The number of ketones is 1. The van der Waals surface area contributed by atoms with Gasteiger partial charge in [0.15, 0.2) is 5.78 Å². The van der Waals surface area contributed by atoms with Gasteiger partial charge in [0.25, 0.3) is 0 Å². The van der Waals surface area contributed by atoms with Crippen molar-refractivity contribution in [1.29, 1.82) is 0 Å². The van der Waals surface area contributed by atoms with Crippen LogP contribution in [0, 0.1) is 5.41 Å². The molecule has 1 N–H and O–H groups in total. The van der Waals surface area contributed by atoms with Gasteiger partial charge >= 0.3 is 0 Å². The van der Waals surface area contributed by atoms with E-state index in [-0.39, 0.29) is 11.2 Å². The number of hydrogen-bond donors (Lipinski definition) is 1. The van der Waals surface area contributed by atoms with Crippen LogP contribution < -0.4 is 0 Å². The van der Waals surface area contributed by atoms with Gasteiger partial charge in [-0.3, -0.25) is 4.79 Å². The number of fused-ring (bicyclic) bond motifs is 1. The van der Waals surface area contributed by atoms with E-state index in [1.165, 1.54) is 0 Å². The molecule has 1 saturated carbocycles. The number of aromatic nitrogens is 1. The van der Waals surface area contributed by atoms with E-state index in [4.69, 9.17) is 11.6 Å². The van der Waals surface area contributed by atoms with Crippen LogP contribution in [0.3, 0.4) is 0 Å². The number of aromatic amines is 1. The summed E-state index contributed by atoms with van der Waals surface area (Å²) in [5, 5.41) is 1.61. The van der Waals surface area contributed by atoms with Gasteiger partial charge in [-0.15, -0.1) is 0 Å². The summed E-state index contributed by atoms with van der Waals surface area (Å²) in [5.74, 6) is 0.258. The van der Waals surface area contributed by atoms with Crippen molar-refractivity contribution in [3.8, 4) is 0 Å². The predicted octanol–water partition coefficient (Wildman–Crippen LogP) is 4.58. The monoisotopic (exact) mass is 261 g/mol. The Morgan fingerprint density at radius 3 is 2.78 bits per heavy atom. The second kappa shape index (κ2) is 4.13. The zero-order chi connectivity index (χ0) is 12.8. The van der Waals surface area contributed by atoms with Gasteiger partial charge in [-0.2, -0.15) is 0 Å². The molecule has 3 rings (SSSR count). The van der Waals surface area contributed by atoms with Crippen molar-refractivity contribution in [2.45, 2.75) is 32.6 Å². The molecule has 0 amide bonds. The van der Waals surface area contributed by atoms with Crippen LogP contribution in [-0.2, 0) is 0 Å². The Bertz CT molecular complexity index is 608. The average molecular weight is 262 g/mol. The second-order valence-electron chi connectivity index (χ2n) is 5.46. The first-order valence-electron chi connectivity index (χ1n) is 6.42. The SMILES string of the molecule is CC1(C(=O)c2c[nH]c3c(Cl)cccc23)CCCC1. The number of carbonyl (C=O) groups excluding carboxylic acids is 1. The molecule has 1 heterocycles. The lowest BCUT2D eigenvalue weighted by Crippen LogP contribution is -2.24. The molecule has 0 atom stereocenters. The molecule has 0 aliphatic heterocycles. The van der Waals surface area contributed by atoms with Crippen molar-refractivity contribution in [2.75, 3.05) is 0 Å². The molecule has 18 heavy (non-hydrogen) atoms. The maximum absolute atomic E-state index is 12.7. The van der Waals surface area contributed by atoms with Gasteiger partial charge in [0.05, 0.1) is 10.5 Å². The normalized spacial score (nSPS) is 18.3. The molecule has 0 unspecified atom stereocenters. The van der Waals surface area contributed by atoms with E-state index < -0.39 is 0 Å². The van der Waals surface area contributed by atoms with Crippen LogP contribution in [0.2, 0.25) is 5.02 Å². The number of carbonyl (C=O) groups is 1. The van der Waals surface area contributed by atoms with Crippen molar-refractivity contribution in [3.05, 3.63) is 35.0 Å². The number of halogens is 1. The largest absolute Gasteiger partial charge is 0.359 e. The Morgan fingerprint density at radius 2 is 2.06 bits per heavy atom. The Balaban J connectivity index is 2.10. The van der Waals surface area contributed by atoms with Gasteiger partial charge in [-0.05, 0) is 18.9 Å². The minimum atomic E-state index is -0.183. The van der Waals surface area contributed by atoms with Crippen LogP contribution in [-0.4, -0.2) is 10.8 Å². The summed E-state index contributed by atoms with van der Waals surface area (Å²) < 4.78 is 0. The highest BCUT2D eigenvalue weighted by molar-refractivity contribution is 6.35. The summed E-state index contributed by atoms with van der Waals surface area (Å²) in [4.78, 5) is 15.8. The van der Waals surface area contributed by atoms with Crippen LogP contribution in [0.25, 0.3) is 10.9 Å². The van der Waals surface area contributed by atoms with Crippen LogP contribution in [0.15, 0.2) is 24.4 Å². The topological polar surface area (TPSA) is 32.9 Å². The Hall–Kier alpha value is -1.28. The van der Waals surface area contributed by atoms with E-state index in [1.807, 2.05) is 24.4 Å². The lowest BCUT2D eigenvalue weighted by Gasteiger charge is -2.21. The number of rotatable bonds is 2. The van der Waals surface area contributed by atoms with Crippen molar-refractivity contribution in [3.63, 3.8) is 0 Å². The van der Waals surface area contributed by atoms with Crippen molar-refractivity contribution < 1.29 is 4.79 Å². The molecule has 0 saturated heterocycles. The van der Waals surface area contributed by atoms with E-state index in [9.17, 15) is 4.79 Å². The highest BCUT2D eigenvalue weighted by Crippen LogP contribution is 2.41. The van der Waals surface area contributed by atoms with Gasteiger partial charge in [-0.1, -0.05) is 43.5 Å². The molecule has 1 aromatic heterocycles. The van der Waals surface area contributed by atoms with Crippen molar-refractivity contribution >= 4 is 28.3 Å². The lowest BCUT2D eigenvalue weighted by atomic mass is 9.81. The van der Waals surface area contributed by atoms with Crippen molar-refractivity contribution in [2.24, 2.45) is 5.41 Å². The maximum Gasteiger partial charge on any atom is 0.170 e. The molecule has 1 aliphatic rings. The van der Waals surface area contributed by atoms with E-state index >= 15 is 0 Å². The highest BCUT2D eigenvalue weighted by Gasteiger charge is 2.37. The summed E-state index contributed by atoms with van der Waals surface area (Å²) in [5.41, 5.74) is 1.47. The fourth-order valence-electron chi connectivity index (χ4n) is 3.01. The number of Topliss-reactive ketones (excluding diaryl/α,β-unsaturated/α-hetero) is 1. The van der Waals surface area contributed by atoms with Gasteiger partial charge in [0.1, 0.15) is 0 Å². The van der Waals surface area contributed by atoms with Crippen LogP contribution >= 0.6 is 11.6 Å². The number of para-hydroxylation sites is 1. The molecule has 0 radical (unpaired) electrons. The molecule has 94 valence electrons. The first-order valence-corrected chi connectivity index (χ1v) is 6.80. The molecule has 0 spiro atoms. The van der Waals surface area contributed by atoms with Crippen LogP contribution in [0.1, 0.15) is 43.0 Å². The molecule has 2 nitrogen and oxygen atoms in total. The molecule has 1 fully saturated rings. The van der Waals surface area contributed by atoms with E-state index in [0.29, 0.717) is 5.02 Å². The molecular formula is C15H16ClNO.